The maximum Gasteiger partial charge on any atom is 0.102 e. The lowest BCUT2D eigenvalue weighted by Gasteiger charge is -2.22. The second-order valence-electron chi connectivity index (χ2n) is 5.40. The molecule has 2 atom stereocenters. The maximum absolute atomic E-state index is 6.15. The second-order valence-corrected chi connectivity index (χ2v) is 5.84. The van der Waals surface area contributed by atoms with Gasteiger partial charge in [-0.2, -0.15) is 0 Å². The monoisotopic (exact) mass is 312 g/mol. The topological polar surface area (TPSA) is 33.7 Å². The van der Waals surface area contributed by atoms with Crippen LogP contribution in [-0.4, -0.2) is 46.1 Å². The Bertz CT molecular complexity index is 444. The molecule has 1 aromatic carbocycles. The summed E-state index contributed by atoms with van der Waals surface area (Å²) >= 11 is 6.15. The lowest BCUT2D eigenvalue weighted by molar-refractivity contribution is -0.00461. The van der Waals surface area contributed by atoms with E-state index in [9.17, 15) is 0 Å². The molecule has 2 rings (SSSR count). The molecule has 1 N–H and O–H groups in total. The molecule has 1 aromatic rings. The van der Waals surface area contributed by atoms with Crippen molar-refractivity contribution >= 4 is 17.3 Å². The van der Waals surface area contributed by atoms with Gasteiger partial charge in [-0.25, -0.2) is 0 Å². The van der Waals surface area contributed by atoms with E-state index in [0.717, 1.165) is 37.6 Å². The lowest BCUT2D eigenvalue weighted by atomic mass is 10.1. The third kappa shape index (κ3) is 4.10. The van der Waals surface area contributed by atoms with Crippen LogP contribution in [0.2, 0.25) is 5.02 Å². The van der Waals surface area contributed by atoms with Gasteiger partial charge >= 0.3 is 0 Å². The number of halogens is 1. The Labute approximate surface area is 132 Å². The van der Waals surface area contributed by atoms with E-state index in [0.29, 0.717) is 0 Å². The number of ether oxygens (including phenoxy) is 2. The Balaban J connectivity index is 2.15. The SMILES string of the molecule is CCCNCc1cc(Cl)ccc1N1CC(OC)C(OC)C1. The standard InChI is InChI=1S/C16H25ClN2O2/c1-4-7-18-9-12-8-13(17)5-6-14(12)19-10-15(20-2)16(11-19)21-3/h5-6,8,15-16,18H,4,7,9-11H2,1-3H3. The van der Waals surface area contributed by atoms with Gasteiger partial charge in [-0.05, 0) is 36.7 Å². The molecule has 1 saturated heterocycles. The van der Waals surface area contributed by atoms with E-state index in [-0.39, 0.29) is 12.2 Å². The number of benzene rings is 1. The van der Waals surface area contributed by atoms with Crippen LogP contribution in [-0.2, 0) is 16.0 Å². The van der Waals surface area contributed by atoms with E-state index in [1.165, 1.54) is 11.3 Å². The van der Waals surface area contributed by atoms with Gasteiger partial charge in [0.15, 0.2) is 0 Å². The largest absolute Gasteiger partial charge is 0.377 e. The van der Waals surface area contributed by atoms with Crippen LogP contribution >= 0.6 is 11.6 Å². The number of nitrogens with zero attached hydrogens (tertiary/aromatic N) is 1. The van der Waals surface area contributed by atoms with Gasteiger partial charge in [0.25, 0.3) is 0 Å². The summed E-state index contributed by atoms with van der Waals surface area (Å²) in [5.41, 5.74) is 2.44. The van der Waals surface area contributed by atoms with Crippen molar-refractivity contribution in [3.8, 4) is 0 Å². The van der Waals surface area contributed by atoms with E-state index < -0.39 is 0 Å². The van der Waals surface area contributed by atoms with Crippen molar-refractivity contribution in [3.05, 3.63) is 28.8 Å². The van der Waals surface area contributed by atoms with E-state index in [1.54, 1.807) is 14.2 Å². The van der Waals surface area contributed by atoms with Crippen molar-refractivity contribution in [1.29, 1.82) is 0 Å². The van der Waals surface area contributed by atoms with E-state index in [2.05, 4.69) is 23.2 Å². The summed E-state index contributed by atoms with van der Waals surface area (Å²) in [7, 11) is 3.48. The van der Waals surface area contributed by atoms with Crippen LogP contribution in [0.5, 0.6) is 0 Å². The molecule has 0 aliphatic carbocycles. The summed E-state index contributed by atoms with van der Waals surface area (Å²) in [5.74, 6) is 0. The van der Waals surface area contributed by atoms with Crippen molar-refractivity contribution in [3.63, 3.8) is 0 Å². The van der Waals surface area contributed by atoms with Gasteiger partial charge in [0.1, 0.15) is 12.2 Å². The molecule has 0 bridgehead atoms. The average molecular weight is 313 g/mol. The van der Waals surface area contributed by atoms with Gasteiger partial charge in [-0.15, -0.1) is 0 Å². The molecule has 2 unspecified atom stereocenters. The fourth-order valence-electron chi connectivity index (χ4n) is 2.80. The van der Waals surface area contributed by atoms with Crippen LogP contribution in [0.25, 0.3) is 0 Å². The summed E-state index contributed by atoms with van der Waals surface area (Å²) in [6, 6.07) is 6.08. The number of hydrogen-bond acceptors (Lipinski definition) is 4. The van der Waals surface area contributed by atoms with Crippen LogP contribution < -0.4 is 10.2 Å². The Morgan fingerprint density at radius 2 is 1.90 bits per heavy atom. The Kier molecular flexibility index (Phi) is 6.30. The van der Waals surface area contributed by atoms with Crippen molar-refractivity contribution in [2.75, 3.05) is 38.8 Å². The third-order valence-electron chi connectivity index (χ3n) is 3.95. The highest BCUT2D eigenvalue weighted by Gasteiger charge is 2.33. The zero-order valence-corrected chi connectivity index (χ0v) is 13.8. The zero-order chi connectivity index (χ0) is 15.2. The first kappa shape index (κ1) is 16.6. The number of methoxy groups -OCH3 is 2. The molecule has 21 heavy (non-hydrogen) atoms. The van der Waals surface area contributed by atoms with Crippen molar-refractivity contribution in [1.82, 2.24) is 5.32 Å². The molecular formula is C16H25ClN2O2. The summed E-state index contributed by atoms with van der Waals surface area (Å²) in [4.78, 5) is 2.32. The number of anilines is 1. The minimum atomic E-state index is 0.113. The van der Waals surface area contributed by atoms with Crippen LogP contribution in [0.1, 0.15) is 18.9 Å². The molecule has 5 heteroatoms. The highest BCUT2D eigenvalue weighted by Crippen LogP contribution is 2.29. The molecule has 0 saturated carbocycles. The number of hydrogen-bond donors (Lipinski definition) is 1. The van der Waals surface area contributed by atoms with Crippen LogP contribution in [0.15, 0.2) is 18.2 Å². The average Bonchev–Trinajstić information content (AvgIpc) is 2.91. The molecule has 1 heterocycles. The molecule has 1 aliphatic rings. The molecule has 0 amide bonds. The first-order chi connectivity index (χ1) is 10.2. The van der Waals surface area contributed by atoms with Gasteiger partial charge in [-0.3, -0.25) is 0 Å². The van der Waals surface area contributed by atoms with Crippen LogP contribution in [0.4, 0.5) is 5.69 Å². The molecule has 4 nitrogen and oxygen atoms in total. The van der Waals surface area contributed by atoms with Gasteiger partial charge in [-0.1, -0.05) is 18.5 Å². The molecular weight excluding hydrogens is 288 g/mol. The fraction of sp³-hybridized carbons (Fsp3) is 0.625. The Morgan fingerprint density at radius 3 is 2.48 bits per heavy atom. The van der Waals surface area contributed by atoms with Crippen molar-refractivity contribution in [2.24, 2.45) is 0 Å². The second kappa shape index (κ2) is 7.99. The molecule has 118 valence electrons. The van der Waals surface area contributed by atoms with Crippen molar-refractivity contribution < 1.29 is 9.47 Å². The Morgan fingerprint density at radius 1 is 1.24 bits per heavy atom. The van der Waals surface area contributed by atoms with Crippen LogP contribution in [0.3, 0.4) is 0 Å². The predicted octanol–water partition coefficient (Wildman–Crippen LogP) is 2.69. The molecule has 1 aliphatic heterocycles. The molecule has 1 fully saturated rings. The first-order valence-corrected chi connectivity index (χ1v) is 7.87. The lowest BCUT2D eigenvalue weighted by Crippen LogP contribution is -2.27. The minimum Gasteiger partial charge on any atom is -0.377 e. The van der Waals surface area contributed by atoms with E-state index >= 15 is 0 Å². The van der Waals surface area contributed by atoms with Gasteiger partial charge in [0.2, 0.25) is 0 Å². The smallest absolute Gasteiger partial charge is 0.102 e. The van der Waals surface area contributed by atoms with Gasteiger partial charge in [0.05, 0.1) is 0 Å². The minimum absolute atomic E-state index is 0.113. The Hall–Kier alpha value is -0.810. The maximum atomic E-state index is 6.15. The van der Waals surface area contributed by atoms with Gasteiger partial charge in [0, 0.05) is 44.6 Å². The molecule has 0 radical (unpaired) electrons. The molecule has 0 spiro atoms. The third-order valence-corrected chi connectivity index (χ3v) is 4.18. The van der Waals surface area contributed by atoms with Crippen molar-refractivity contribution in [2.45, 2.75) is 32.1 Å². The first-order valence-electron chi connectivity index (χ1n) is 7.49. The number of rotatable bonds is 7. The van der Waals surface area contributed by atoms with Gasteiger partial charge < -0.3 is 19.7 Å². The summed E-state index contributed by atoms with van der Waals surface area (Å²) in [5, 5.41) is 4.22. The van der Waals surface area contributed by atoms with E-state index in [1.807, 2.05) is 12.1 Å². The highest BCUT2D eigenvalue weighted by atomic mass is 35.5. The quantitative estimate of drug-likeness (QED) is 0.785. The van der Waals surface area contributed by atoms with E-state index in [4.69, 9.17) is 21.1 Å². The summed E-state index contributed by atoms with van der Waals surface area (Å²) in [6.45, 7) is 5.69. The van der Waals surface area contributed by atoms with Crippen LogP contribution in [0, 0.1) is 0 Å². The predicted molar refractivity (Wildman–Crippen MR) is 87.3 cm³/mol. The highest BCUT2D eigenvalue weighted by molar-refractivity contribution is 6.30. The summed E-state index contributed by atoms with van der Waals surface area (Å²) in [6.07, 6.45) is 1.35. The molecule has 0 aromatic heterocycles. The number of nitrogens with one attached hydrogen (secondary N) is 1. The summed E-state index contributed by atoms with van der Waals surface area (Å²) < 4.78 is 11.0. The zero-order valence-electron chi connectivity index (χ0n) is 13.1. The normalized spacial score (nSPS) is 22.0. The fourth-order valence-corrected chi connectivity index (χ4v) is 2.99.